The van der Waals surface area contributed by atoms with Gasteiger partial charge >= 0.3 is 0 Å². The molecule has 0 spiro atoms. The topological polar surface area (TPSA) is 108 Å². The summed E-state index contributed by atoms with van der Waals surface area (Å²) in [4.78, 5) is 17.3. The van der Waals surface area contributed by atoms with Crippen LogP contribution in [0.5, 0.6) is 0 Å². The number of rotatable bonds is 4. The highest BCUT2D eigenvalue weighted by Gasteiger charge is 2.15. The predicted molar refractivity (Wildman–Crippen MR) is 105 cm³/mol. The minimum Gasteiger partial charge on any atom is -0.397 e. The van der Waals surface area contributed by atoms with Gasteiger partial charge in [-0.1, -0.05) is 12.1 Å². The van der Waals surface area contributed by atoms with Crippen molar-refractivity contribution in [2.24, 2.45) is 12.9 Å². The molecule has 8 heteroatoms. The fourth-order valence-corrected chi connectivity index (χ4v) is 3.06. The van der Waals surface area contributed by atoms with Gasteiger partial charge in [0.05, 0.1) is 29.6 Å². The molecule has 0 saturated heterocycles. The summed E-state index contributed by atoms with van der Waals surface area (Å²) in [7, 11) is 1.79. The maximum Gasteiger partial charge on any atom is 0.282 e. The summed E-state index contributed by atoms with van der Waals surface area (Å²) < 4.78 is 3.10. The summed E-state index contributed by atoms with van der Waals surface area (Å²) in [5.41, 5.74) is 8.83. The van der Waals surface area contributed by atoms with Gasteiger partial charge in [-0.2, -0.15) is 5.10 Å². The molecule has 0 aliphatic carbocycles. The lowest BCUT2D eigenvalue weighted by atomic mass is 10.1. The van der Waals surface area contributed by atoms with E-state index in [-0.39, 0.29) is 11.2 Å². The van der Waals surface area contributed by atoms with Crippen LogP contribution in [-0.2, 0) is 13.6 Å². The summed E-state index contributed by atoms with van der Waals surface area (Å²) in [5.74, 6) is 6.23. The number of aryl methyl sites for hydroxylation is 1. The number of hydrogen-bond acceptors (Lipinski definition) is 6. The van der Waals surface area contributed by atoms with Crippen LogP contribution in [0.2, 0.25) is 0 Å². The SMILES string of the molecule is Cn1cc(-n2ccc(N)c(N(N)Cc3ccc4ncccc4c3)c2=O)cn1. The third-order valence-corrected chi connectivity index (χ3v) is 4.37. The summed E-state index contributed by atoms with van der Waals surface area (Å²) in [6.07, 6.45) is 6.73. The van der Waals surface area contributed by atoms with Crippen LogP contribution in [0, 0.1) is 0 Å². The van der Waals surface area contributed by atoms with Crippen molar-refractivity contribution in [2.75, 3.05) is 10.7 Å². The molecule has 0 aliphatic rings. The van der Waals surface area contributed by atoms with Gasteiger partial charge in [0.25, 0.3) is 5.56 Å². The van der Waals surface area contributed by atoms with Crippen LogP contribution in [0.15, 0.2) is 66.0 Å². The van der Waals surface area contributed by atoms with Crippen molar-refractivity contribution >= 4 is 22.3 Å². The highest BCUT2D eigenvalue weighted by atomic mass is 16.1. The van der Waals surface area contributed by atoms with Crippen molar-refractivity contribution in [1.82, 2.24) is 19.3 Å². The minimum atomic E-state index is -0.298. The third-order valence-electron chi connectivity index (χ3n) is 4.37. The van der Waals surface area contributed by atoms with E-state index in [0.717, 1.165) is 16.5 Å². The van der Waals surface area contributed by atoms with E-state index in [0.29, 0.717) is 17.9 Å². The van der Waals surface area contributed by atoms with Gasteiger partial charge in [0.15, 0.2) is 0 Å². The minimum absolute atomic E-state index is 0.243. The van der Waals surface area contributed by atoms with Gasteiger partial charge in [-0.3, -0.25) is 24.0 Å². The molecule has 0 radical (unpaired) electrons. The van der Waals surface area contributed by atoms with E-state index in [9.17, 15) is 4.79 Å². The van der Waals surface area contributed by atoms with Gasteiger partial charge in [0.1, 0.15) is 5.69 Å². The van der Waals surface area contributed by atoms with Crippen molar-refractivity contribution in [2.45, 2.75) is 6.54 Å². The lowest BCUT2D eigenvalue weighted by Crippen LogP contribution is -2.37. The van der Waals surface area contributed by atoms with E-state index >= 15 is 0 Å². The van der Waals surface area contributed by atoms with Crippen LogP contribution in [0.4, 0.5) is 11.4 Å². The van der Waals surface area contributed by atoms with E-state index in [1.807, 2.05) is 30.3 Å². The Kier molecular flexibility index (Phi) is 4.09. The summed E-state index contributed by atoms with van der Waals surface area (Å²) in [5, 5.41) is 6.49. The van der Waals surface area contributed by atoms with Crippen molar-refractivity contribution < 1.29 is 0 Å². The Balaban J connectivity index is 1.70. The van der Waals surface area contributed by atoms with Crippen LogP contribution in [0.3, 0.4) is 0 Å². The first-order valence-electron chi connectivity index (χ1n) is 8.39. The Hall–Kier alpha value is -3.65. The molecular formula is C19H19N7O. The van der Waals surface area contributed by atoms with Crippen LogP contribution < -0.4 is 22.1 Å². The lowest BCUT2D eigenvalue weighted by Gasteiger charge is -2.21. The van der Waals surface area contributed by atoms with E-state index < -0.39 is 0 Å². The number of nitrogens with two attached hydrogens (primary N) is 2. The molecule has 27 heavy (non-hydrogen) atoms. The Morgan fingerprint density at radius 2 is 2.07 bits per heavy atom. The maximum absolute atomic E-state index is 13.0. The second-order valence-electron chi connectivity index (χ2n) is 6.33. The smallest absolute Gasteiger partial charge is 0.282 e. The fraction of sp³-hybridized carbons (Fsp3) is 0.105. The fourth-order valence-electron chi connectivity index (χ4n) is 3.06. The molecule has 4 rings (SSSR count). The van der Waals surface area contributed by atoms with Gasteiger partial charge < -0.3 is 5.73 Å². The molecule has 4 aromatic rings. The first-order valence-corrected chi connectivity index (χ1v) is 8.39. The van der Waals surface area contributed by atoms with E-state index in [1.165, 1.54) is 9.58 Å². The van der Waals surface area contributed by atoms with Gasteiger partial charge in [-0.15, -0.1) is 0 Å². The number of nitrogen functional groups attached to an aromatic ring is 1. The molecule has 0 bridgehead atoms. The van der Waals surface area contributed by atoms with Gasteiger partial charge in [-0.05, 0) is 29.8 Å². The molecular weight excluding hydrogens is 342 g/mol. The Labute approximate surface area is 155 Å². The lowest BCUT2D eigenvalue weighted by molar-refractivity contribution is 0.767. The third kappa shape index (κ3) is 3.13. The highest BCUT2D eigenvalue weighted by molar-refractivity contribution is 5.79. The molecule has 3 aromatic heterocycles. The number of aromatic nitrogens is 4. The van der Waals surface area contributed by atoms with Gasteiger partial charge in [-0.25, -0.2) is 5.84 Å². The zero-order chi connectivity index (χ0) is 19.0. The van der Waals surface area contributed by atoms with Crippen molar-refractivity contribution in [3.63, 3.8) is 0 Å². The Morgan fingerprint density at radius 1 is 1.22 bits per heavy atom. The van der Waals surface area contributed by atoms with Crippen molar-refractivity contribution in [3.8, 4) is 5.69 Å². The molecule has 3 heterocycles. The molecule has 0 aliphatic heterocycles. The largest absolute Gasteiger partial charge is 0.397 e. The molecule has 0 atom stereocenters. The van der Waals surface area contributed by atoms with Crippen molar-refractivity contribution in [1.29, 1.82) is 0 Å². The molecule has 4 N–H and O–H groups in total. The standard InChI is InChI=1S/C19H19N7O/c1-24-12-15(10-23-24)25-8-6-16(20)18(19(25)27)26(21)11-13-4-5-17-14(9-13)3-2-7-22-17/h2-10,12H,11,20-21H2,1H3. The first kappa shape index (κ1) is 16.8. The Morgan fingerprint density at radius 3 is 2.85 bits per heavy atom. The molecule has 0 amide bonds. The number of hydrogen-bond donors (Lipinski definition) is 2. The van der Waals surface area contributed by atoms with Crippen LogP contribution in [0.25, 0.3) is 16.6 Å². The number of anilines is 2. The molecule has 0 unspecified atom stereocenters. The molecule has 8 nitrogen and oxygen atoms in total. The summed E-state index contributed by atoms with van der Waals surface area (Å²) in [6, 6.07) is 11.4. The van der Waals surface area contributed by atoms with E-state index in [2.05, 4.69) is 10.1 Å². The Bertz CT molecular complexity index is 1180. The molecule has 0 saturated carbocycles. The number of hydrazine groups is 1. The zero-order valence-corrected chi connectivity index (χ0v) is 14.8. The first-order chi connectivity index (χ1) is 13.0. The molecule has 0 fully saturated rings. The molecule has 136 valence electrons. The number of nitrogens with zero attached hydrogens (tertiary/aromatic N) is 5. The second-order valence-corrected chi connectivity index (χ2v) is 6.33. The molecule has 1 aromatic carbocycles. The van der Waals surface area contributed by atoms with Crippen LogP contribution >= 0.6 is 0 Å². The van der Waals surface area contributed by atoms with E-state index in [4.69, 9.17) is 11.6 Å². The van der Waals surface area contributed by atoms with Gasteiger partial charge in [0, 0.05) is 31.0 Å². The average Bonchev–Trinajstić information content (AvgIpc) is 3.08. The normalized spacial score (nSPS) is 11.0. The number of fused-ring (bicyclic) bond motifs is 1. The number of benzene rings is 1. The monoisotopic (exact) mass is 361 g/mol. The highest BCUT2D eigenvalue weighted by Crippen LogP contribution is 2.20. The van der Waals surface area contributed by atoms with Gasteiger partial charge in [0.2, 0.25) is 0 Å². The quantitative estimate of drug-likeness (QED) is 0.422. The van der Waals surface area contributed by atoms with E-state index in [1.54, 1.807) is 42.6 Å². The zero-order valence-electron chi connectivity index (χ0n) is 14.8. The average molecular weight is 361 g/mol. The summed E-state index contributed by atoms with van der Waals surface area (Å²) >= 11 is 0. The van der Waals surface area contributed by atoms with Crippen LogP contribution in [-0.4, -0.2) is 19.3 Å². The van der Waals surface area contributed by atoms with Crippen molar-refractivity contribution in [3.05, 3.63) is 77.1 Å². The predicted octanol–water partition coefficient (Wildman–Crippen LogP) is 1.58. The second kappa shape index (κ2) is 6.58. The number of pyridine rings is 2. The van der Waals surface area contributed by atoms with Crippen LogP contribution in [0.1, 0.15) is 5.56 Å². The maximum atomic E-state index is 13.0. The summed E-state index contributed by atoms with van der Waals surface area (Å²) in [6.45, 7) is 0.335.